The fourth-order valence-electron chi connectivity index (χ4n) is 13.5. The van der Waals surface area contributed by atoms with Crippen molar-refractivity contribution in [3.8, 4) is 11.1 Å². The molecular weight excluding hydrogens is 828 g/mol. The fourth-order valence-corrected chi connectivity index (χ4v) is 14.8. The SMILES string of the molecule is Cc1cc2c3c(c1)N(c1ccc4c(c1)C(C)(C)CCC4(C)C)c1c(sc4cc5c(cc14)C(C)(C)CCC5(C)C)B3c1cc3c(cc1N2c1cccc(-c2ccccc2)c1)C(C)(C)CCC3(C)C. The Morgan fingerprint density at radius 3 is 1.57 bits per heavy atom. The summed E-state index contributed by atoms with van der Waals surface area (Å²) in [5, 5.41) is 1.41. The van der Waals surface area contributed by atoms with Gasteiger partial charge in [-0.1, -0.05) is 138 Å². The minimum atomic E-state index is 0.0646. The molecule has 2 aliphatic heterocycles. The van der Waals surface area contributed by atoms with Crippen molar-refractivity contribution in [2.24, 2.45) is 0 Å². The van der Waals surface area contributed by atoms with E-state index in [0.717, 1.165) is 0 Å². The molecule has 2 nitrogen and oxygen atoms in total. The van der Waals surface area contributed by atoms with Crippen LogP contribution in [0.1, 0.15) is 161 Å². The molecule has 340 valence electrons. The summed E-state index contributed by atoms with van der Waals surface area (Å²) in [7, 11) is 0. The number of anilines is 6. The smallest absolute Gasteiger partial charge is 0.264 e. The Morgan fingerprint density at radius 2 is 0.940 bits per heavy atom. The van der Waals surface area contributed by atoms with Gasteiger partial charge >= 0.3 is 0 Å². The summed E-state index contributed by atoms with van der Waals surface area (Å²) in [5.41, 5.74) is 24.2. The predicted molar refractivity (Wildman–Crippen MR) is 292 cm³/mol. The maximum atomic E-state index is 2.75. The molecule has 0 saturated carbocycles. The second-order valence-corrected chi connectivity index (χ2v) is 26.5. The molecule has 0 radical (unpaired) electrons. The third kappa shape index (κ3) is 6.33. The molecule has 0 N–H and O–H groups in total. The summed E-state index contributed by atoms with van der Waals surface area (Å²) in [6.45, 7) is 32.2. The van der Waals surface area contributed by atoms with Crippen molar-refractivity contribution in [2.45, 2.75) is 161 Å². The van der Waals surface area contributed by atoms with Crippen LogP contribution < -0.4 is 25.5 Å². The molecule has 0 spiro atoms. The lowest BCUT2D eigenvalue weighted by Crippen LogP contribution is -2.61. The number of aryl methyl sites for hydroxylation is 1. The van der Waals surface area contributed by atoms with Gasteiger partial charge in [0, 0.05) is 43.3 Å². The number of fused-ring (bicyclic) bond motifs is 9. The van der Waals surface area contributed by atoms with Crippen molar-refractivity contribution in [3.05, 3.63) is 148 Å². The van der Waals surface area contributed by atoms with Gasteiger partial charge in [-0.15, -0.1) is 11.3 Å². The Hall–Kier alpha value is -5.06. The van der Waals surface area contributed by atoms with Gasteiger partial charge in [-0.2, -0.15) is 0 Å². The van der Waals surface area contributed by atoms with E-state index in [2.05, 4.69) is 220 Å². The van der Waals surface area contributed by atoms with Gasteiger partial charge < -0.3 is 9.80 Å². The summed E-state index contributed by atoms with van der Waals surface area (Å²) < 4.78 is 2.90. The number of rotatable bonds is 3. The van der Waals surface area contributed by atoms with Crippen molar-refractivity contribution in [1.82, 2.24) is 0 Å². The third-order valence-corrected chi connectivity index (χ3v) is 19.3. The van der Waals surface area contributed by atoms with Gasteiger partial charge in [0.05, 0.1) is 5.69 Å². The second-order valence-electron chi connectivity index (χ2n) is 25.4. The molecule has 7 aromatic rings. The van der Waals surface area contributed by atoms with E-state index in [1.165, 1.54) is 143 Å². The largest absolute Gasteiger partial charge is 0.311 e. The van der Waals surface area contributed by atoms with E-state index >= 15 is 0 Å². The topological polar surface area (TPSA) is 6.48 Å². The third-order valence-electron chi connectivity index (χ3n) is 18.1. The molecule has 0 bridgehead atoms. The zero-order valence-electron chi connectivity index (χ0n) is 42.5. The van der Waals surface area contributed by atoms with Crippen LogP contribution in [0.5, 0.6) is 0 Å². The van der Waals surface area contributed by atoms with Gasteiger partial charge in [0.15, 0.2) is 0 Å². The molecule has 5 aliphatic rings. The van der Waals surface area contributed by atoms with Crippen LogP contribution in [0.25, 0.3) is 21.2 Å². The Kier molecular flexibility index (Phi) is 9.05. The zero-order chi connectivity index (χ0) is 47.0. The van der Waals surface area contributed by atoms with Gasteiger partial charge in [-0.25, -0.2) is 0 Å². The first-order chi connectivity index (χ1) is 31.6. The average molecular weight is 897 g/mol. The van der Waals surface area contributed by atoms with E-state index in [1.807, 2.05) is 0 Å². The molecule has 67 heavy (non-hydrogen) atoms. The second kappa shape index (κ2) is 14.0. The van der Waals surface area contributed by atoms with E-state index in [9.17, 15) is 0 Å². The van der Waals surface area contributed by atoms with Crippen LogP contribution in [-0.4, -0.2) is 6.71 Å². The van der Waals surface area contributed by atoms with Crippen LogP contribution in [0, 0.1) is 6.92 Å². The summed E-state index contributed by atoms with van der Waals surface area (Å²) >= 11 is 2.08. The molecule has 3 aliphatic carbocycles. The first-order valence-electron chi connectivity index (χ1n) is 25.4. The standard InChI is InChI=1S/C63H69BN2S/c1-38-30-52-55-53(31-38)66(42-22-23-44-45(33-42)59(4,5)25-24-58(44,2)3)56-43-34-46-49(63(12,13)29-26-60(46,6)7)37-54(43)67-57(56)64(55)50-35-47-48(62(10,11)28-27-61(47,8)9)36-51(50)65(52)41-21-17-20-40(32-41)39-18-15-14-16-19-39/h14-23,30-37H,24-29H2,1-13H3. The van der Waals surface area contributed by atoms with Gasteiger partial charge in [-0.05, 0) is 194 Å². The normalized spacial score (nSPS) is 20.6. The first kappa shape index (κ1) is 43.2. The summed E-state index contributed by atoms with van der Waals surface area (Å²) in [4.78, 5) is 5.41. The number of thiophene rings is 1. The van der Waals surface area contributed by atoms with Crippen LogP contribution in [-0.2, 0) is 32.5 Å². The van der Waals surface area contributed by atoms with E-state index < -0.39 is 0 Å². The van der Waals surface area contributed by atoms with E-state index in [4.69, 9.17) is 0 Å². The van der Waals surface area contributed by atoms with Crippen molar-refractivity contribution < 1.29 is 0 Å². The van der Waals surface area contributed by atoms with Gasteiger partial charge in [0.2, 0.25) is 0 Å². The Bertz CT molecular complexity index is 3230. The Balaban J connectivity index is 1.21. The monoisotopic (exact) mass is 897 g/mol. The number of hydrogen-bond acceptors (Lipinski definition) is 3. The zero-order valence-corrected chi connectivity index (χ0v) is 43.3. The maximum Gasteiger partial charge on any atom is 0.264 e. The number of benzene rings is 6. The molecule has 6 aromatic carbocycles. The predicted octanol–water partition coefficient (Wildman–Crippen LogP) is 16.0. The lowest BCUT2D eigenvalue weighted by molar-refractivity contribution is 0.332. The molecule has 0 unspecified atom stereocenters. The van der Waals surface area contributed by atoms with Gasteiger partial charge in [0.1, 0.15) is 0 Å². The summed E-state index contributed by atoms with van der Waals surface area (Å²) in [6, 6.07) is 43.6. The van der Waals surface area contributed by atoms with Crippen LogP contribution in [0.15, 0.2) is 109 Å². The van der Waals surface area contributed by atoms with Crippen molar-refractivity contribution in [1.29, 1.82) is 0 Å². The molecule has 0 saturated heterocycles. The van der Waals surface area contributed by atoms with Crippen molar-refractivity contribution >= 4 is 78.0 Å². The first-order valence-corrected chi connectivity index (χ1v) is 26.2. The minimum Gasteiger partial charge on any atom is -0.311 e. The maximum absolute atomic E-state index is 2.75. The summed E-state index contributed by atoms with van der Waals surface area (Å²) in [5.74, 6) is 0. The molecule has 0 fully saturated rings. The van der Waals surface area contributed by atoms with Crippen LogP contribution in [0.3, 0.4) is 0 Å². The van der Waals surface area contributed by atoms with E-state index in [1.54, 1.807) is 5.56 Å². The van der Waals surface area contributed by atoms with Crippen molar-refractivity contribution in [3.63, 3.8) is 0 Å². The van der Waals surface area contributed by atoms with E-state index in [-0.39, 0.29) is 39.2 Å². The molecule has 0 atom stereocenters. The number of hydrogen-bond donors (Lipinski definition) is 0. The molecule has 3 heterocycles. The lowest BCUT2D eigenvalue weighted by atomic mass is 9.35. The van der Waals surface area contributed by atoms with Crippen molar-refractivity contribution in [2.75, 3.05) is 9.80 Å². The molecule has 12 rings (SSSR count). The summed E-state index contributed by atoms with van der Waals surface area (Å²) in [6.07, 6.45) is 7.17. The van der Waals surface area contributed by atoms with Gasteiger partial charge in [0.25, 0.3) is 6.71 Å². The number of nitrogens with zero attached hydrogens (tertiary/aromatic N) is 2. The quantitative estimate of drug-likeness (QED) is 0.163. The Labute approximate surface area is 405 Å². The highest BCUT2D eigenvalue weighted by atomic mass is 32.1. The minimum absolute atomic E-state index is 0.0646. The Morgan fingerprint density at radius 1 is 0.433 bits per heavy atom. The van der Waals surface area contributed by atoms with Crippen LogP contribution in [0.2, 0.25) is 0 Å². The highest BCUT2D eigenvalue weighted by Crippen LogP contribution is 2.55. The molecule has 1 aromatic heterocycles. The molecule has 4 heteroatoms. The fraction of sp³-hybridized carbons (Fsp3) is 0.397. The molecular formula is C63H69BN2S. The molecule has 0 amide bonds. The lowest BCUT2D eigenvalue weighted by Gasteiger charge is -2.47. The van der Waals surface area contributed by atoms with E-state index in [0.29, 0.717) is 0 Å². The highest BCUT2D eigenvalue weighted by molar-refractivity contribution is 7.33. The van der Waals surface area contributed by atoms with Gasteiger partial charge in [-0.3, -0.25) is 0 Å². The van der Waals surface area contributed by atoms with Crippen LogP contribution in [0.4, 0.5) is 34.1 Å². The average Bonchev–Trinajstić information content (AvgIpc) is 3.66. The highest BCUT2D eigenvalue weighted by Gasteiger charge is 2.49. The van der Waals surface area contributed by atoms with Crippen LogP contribution >= 0.6 is 11.3 Å².